The molecule has 5 fully saturated rings. The number of hydrogen-bond acceptors (Lipinski definition) is 9. The highest BCUT2D eigenvalue weighted by Crippen LogP contribution is 2.58. The molecule has 12 heteroatoms. The molecule has 1 N–H and O–H groups in total. The summed E-state index contributed by atoms with van der Waals surface area (Å²) in [6.07, 6.45) is 14.5. The molecule has 2 aromatic rings. The molecular weight excluding hydrogens is 731 g/mol. The summed E-state index contributed by atoms with van der Waals surface area (Å²) >= 11 is 0. The minimum atomic E-state index is -3.93. The van der Waals surface area contributed by atoms with Gasteiger partial charge in [-0.05, 0) is 115 Å². The zero-order valence-corrected chi connectivity index (χ0v) is 33.5. The highest BCUT2D eigenvalue weighted by Gasteiger charge is 2.63. The van der Waals surface area contributed by atoms with Gasteiger partial charge in [0, 0.05) is 29.7 Å². The first-order valence-corrected chi connectivity index (χ1v) is 22.6. The Labute approximate surface area is 329 Å². The van der Waals surface area contributed by atoms with Crippen LogP contribution in [0.15, 0.2) is 36.4 Å². The maximum absolute atomic E-state index is 15.0. The number of hydrogen-bond donors (Lipinski definition) is 1. The Morgan fingerprint density at radius 2 is 1.86 bits per heavy atom. The topological polar surface area (TPSA) is 149 Å². The summed E-state index contributed by atoms with van der Waals surface area (Å²) in [6, 6.07) is 7.08. The van der Waals surface area contributed by atoms with Gasteiger partial charge >= 0.3 is 5.97 Å². The van der Waals surface area contributed by atoms with Crippen LogP contribution in [0.1, 0.15) is 121 Å². The Balaban J connectivity index is 1.03. The molecule has 9 rings (SSSR count). The monoisotopic (exact) mass is 785 g/mol. The fraction of sp³-hybridized carbons (Fsp3) is 0.659. The van der Waals surface area contributed by atoms with E-state index in [0.29, 0.717) is 56.1 Å². The van der Waals surface area contributed by atoms with Gasteiger partial charge in [0.15, 0.2) is 5.78 Å². The van der Waals surface area contributed by atoms with Crippen LogP contribution in [0.25, 0.3) is 10.9 Å². The lowest BCUT2D eigenvalue weighted by atomic mass is 9.85. The van der Waals surface area contributed by atoms with E-state index in [1.54, 1.807) is 11.8 Å². The van der Waals surface area contributed by atoms with Gasteiger partial charge in [-0.15, -0.1) is 0 Å². The number of sulfonamides is 1. The molecule has 1 aromatic heterocycles. The van der Waals surface area contributed by atoms with E-state index in [2.05, 4.69) is 4.72 Å². The number of Topliss-reactive ketones (excluding diaryl/α,β-unsaturated/α-hetero) is 1. The van der Waals surface area contributed by atoms with Gasteiger partial charge in [-0.2, -0.15) is 0 Å². The summed E-state index contributed by atoms with van der Waals surface area (Å²) in [4.78, 5) is 63.9. The standard InChI is InChI=1S/C44H55N3O8S/c1-27-39-33(32-12-8-9-13-34(32)45-27)16-17-43(55-39)24-35-36(48)25-44(41(51)46-56(52,53)42(2)18-19-42)23-31(44)11-7-5-3-4-6-10-30(40(50)47(35)26-43)22-38(49)54-37-21-28-14-15-29(37)20-28/h7-9,11-13,28-31,35,37H,3-6,10,14-26H2,1-2H3,(H,46,51)/b11-7-/t28-,29+,30+,31+,35-,37-,43+,44+/m0/s1. The molecule has 0 unspecified atom stereocenters. The van der Waals surface area contributed by atoms with Crippen molar-refractivity contribution in [3.63, 3.8) is 0 Å². The molecule has 2 bridgehead atoms. The number of aryl methyl sites for hydroxylation is 2. The van der Waals surface area contributed by atoms with E-state index in [-0.39, 0.29) is 55.5 Å². The van der Waals surface area contributed by atoms with Crippen LogP contribution >= 0.6 is 0 Å². The number of esters is 1. The number of pyridine rings is 1. The molecule has 56 heavy (non-hydrogen) atoms. The molecule has 3 aliphatic heterocycles. The quantitative estimate of drug-likeness (QED) is 0.258. The van der Waals surface area contributed by atoms with Crippen LogP contribution in [0.3, 0.4) is 0 Å². The normalized spacial score (nSPS) is 35.4. The predicted molar refractivity (Wildman–Crippen MR) is 209 cm³/mol. The Hall–Kier alpha value is -3.80. The fourth-order valence-corrected chi connectivity index (χ4v) is 12.2. The van der Waals surface area contributed by atoms with E-state index in [4.69, 9.17) is 14.5 Å². The van der Waals surface area contributed by atoms with Gasteiger partial charge in [0.05, 0.1) is 40.4 Å². The van der Waals surface area contributed by atoms with Crippen molar-refractivity contribution in [2.24, 2.45) is 29.1 Å². The Morgan fingerprint density at radius 1 is 1.04 bits per heavy atom. The van der Waals surface area contributed by atoms with Gasteiger partial charge in [-0.3, -0.25) is 23.9 Å². The molecule has 7 aliphatic rings. The lowest BCUT2D eigenvalue weighted by molar-refractivity contribution is -0.156. The van der Waals surface area contributed by atoms with E-state index in [1.807, 2.05) is 43.3 Å². The lowest BCUT2D eigenvalue weighted by Gasteiger charge is -2.36. The van der Waals surface area contributed by atoms with Crippen molar-refractivity contribution in [3.05, 3.63) is 47.7 Å². The average molecular weight is 786 g/mol. The first-order valence-electron chi connectivity index (χ1n) is 21.1. The number of allylic oxidation sites excluding steroid dienone is 2. The van der Waals surface area contributed by atoms with Crippen molar-refractivity contribution in [2.45, 2.75) is 145 Å². The summed E-state index contributed by atoms with van der Waals surface area (Å²) in [7, 11) is -3.93. The van der Waals surface area contributed by atoms with Gasteiger partial charge in [-0.25, -0.2) is 13.4 Å². The highest BCUT2D eigenvalue weighted by atomic mass is 32.2. The van der Waals surface area contributed by atoms with Crippen LogP contribution < -0.4 is 9.46 Å². The molecule has 2 amide bonds. The van der Waals surface area contributed by atoms with Crippen molar-refractivity contribution < 1.29 is 37.1 Å². The lowest BCUT2D eigenvalue weighted by Crippen LogP contribution is -2.48. The molecule has 1 spiro atoms. The zero-order valence-electron chi connectivity index (χ0n) is 32.7. The second kappa shape index (κ2) is 13.9. The number of ketones is 1. The van der Waals surface area contributed by atoms with E-state index < -0.39 is 43.7 Å². The number of carbonyl (C=O) groups excluding carboxylic acids is 4. The van der Waals surface area contributed by atoms with Gasteiger partial charge in [0.2, 0.25) is 21.8 Å². The van der Waals surface area contributed by atoms with E-state index in [0.717, 1.165) is 67.1 Å². The van der Waals surface area contributed by atoms with Gasteiger partial charge in [0.25, 0.3) is 0 Å². The molecule has 300 valence electrons. The summed E-state index contributed by atoms with van der Waals surface area (Å²) < 4.78 is 41.0. The zero-order chi connectivity index (χ0) is 39.0. The average Bonchev–Trinajstić information content (AvgIpc) is 3.89. The Kier molecular flexibility index (Phi) is 9.40. The summed E-state index contributed by atoms with van der Waals surface area (Å²) in [5.74, 6) is -0.764. The van der Waals surface area contributed by atoms with Crippen molar-refractivity contribution >= 4 is 44.5 Å². The second-order valence-corrected chi connectivity index (χ2v) is 20.9. The van der Waals surface area contributed by atoms with Crippen LogP contribution in [0.4, 0.5) is 0 Å². The number of rotatable bonds is 6. The van der Waals surface area contributed by atoms with Crippen molar-refractivity contribution in [1.29, 1.82) is 0 Å². The smallest absolute Gasteiger partial charge is 0.306 e. The van der Waals surface area contributed by atoms with Crippen LogP contribution in [-0.4, -0.2) is 70.9 Å². The fourth-order valence-electron chi connectivity index (χ4n) is 10.9. The third kappa shape index (κ3) is 6.75. The third-order valence-electron chi connectivity index (χ3n) is 14.7. The number of carbonyl (C=O) groups is 4. The van der Waals surface area contributed by atoms with E-state index in [9.17, 15) is 27.6 Å². The number of ether oxygens (including phenoxy) is 2. The summed E-state index contributed by atoms with van der Waals surface area (Å²) in [6.45, 7) is 3.73. The van der Waals surface area contributed by atoms with Crippen molar-refractivity contribution in [2.75, 3.05) is 6.54 Å². The van der Waals surface area contributed by atoms with E-state index >= 15 is 0 Å². The summed E-state index contributed by atoms with van der Waals surface area (Å²) in [5, 5.41) is 1.02. The number of fused-ring (bicyclic) bond motifs is 7. The molecule has 4 saturated carbocycles. The molecule has 8 atom stereocenters. The number of nitrogens with zero attached hydrogens (tertiary/aromatic N) is 2. The van der Waals surface area contributed by atoms with E-state index in [1.165, 1.54) is 6.42 Å². The number of amides is 2. The minimum Gasteiger partial charge on any atom is -0.483 e. The molecular formula is C44H55N3O8S. The Morgan fingerprint density at radius 3 is 2.62 bits per heavy atom. The van der Waals surface area contributed by atoms with Gasteiger partial charge in [0.1, 0.15) is 17.5 Å². The molecule has 4 heterocycles. The van der Waals surface area contributed by atoms with Crippen LogP contribution in [0.5, 0.6) is 5.75 Å². The Bertz CT molecular complexity index is 2110. The SMILES string of the molecule is Cc1nc2ccccc2c2c1O[C@]1(CC2)C[C@H]2C(=O)C[C@]3(C(=O)NS(=O)(=O)C4(C)CC4)C[C@H]3/C=C\CCCCC[C@H](CC(=O)O[C@H]3C[C@H]4CC[C@@H]3C4)C(=O)N2C1. The number of nitrogens with one attached hydrogen (secondary N) is 1. The third-order valence-corrected chi connectivity index (χ3v) is 16.9. The van der Waals surface area contributed by atoms with Crippen LogP contribution in [0, 0.1) is 36.0 Å². The van der Waals surface area contributed by atoms with Crippen LogP contribution in [0.2, 0.25) is 0 Å². The molecule has 4 aliphatic carbocycles. The van der Waals surface area contributed by atoms with Crippen molar-refractivity contribution in [3.8, 4) is 5.75 Å². The minimum absolute atomic E-state index is 0.0409. The predicted octanol–water partition coefficient (Wildman–Crippen LogP) is 6.43. The molecule has 0 radical (unpaired) electrons. The first-order chi connectivity index (χ1) is 26.8. The molecule has 11 nitrogen and oxygen atoms in total. The van der Waals surface area contributed by atoms with Crippen LogP contribution in [-0.2, 0) is 40.4 Å². The number of benzene rings is 1. The largest absolute Gasteiger partial charge is 0.483 e. The molecule has 1 saturated heterocycles. The maximum Gasteiger partial charge on any atom is 0.306 e. The number of para-hydroxylation sites is 1. The number of aromatic nitrogens is 1. The van der Waals surface area contributed by atoms with Crippen molar-refractivity contribution in [1.82, 2.24) is 14.6 Å². The molecule has 1 aromatic carbocycles. The highest BCUT2D eigenvalue weighted by molar-refractivity contribution is 7.91. The van der Waals surface area contributed by atoms with Gasteiger partial charge < -0.3 is 14.4 Å². The summed E-state index contributed by atoms with van der Waals surface area (Å²) in [5.41, 5.74) is 0.604. The first kappa shape index (κ1) is 37.8. The maximum atomic E-state index is 15.0. The second-order valence-electron chi connectivity index (χ2n) is 18.7. The van der Waals surface area contributed by atoms with Gasteiger partial charge in [-0.1, -0.05) is 43.2 Å².